The van der Waals surface area contributed by atoms with Crippen LogP contribution in [-0.2, 0) is 14.8 Å². The number of hydrogen-bond donors (Lipinski definition) is 0. The van der Waals surface area contributed by atoms with Crippen molar-refractivity contribution in [3.8, 4) is 0 Å². The minimum absolute atomic E-state index is 0.124. The maximum Gasteiger partial charge on any atom is 0.237 e. The highest BCUT2D eigenvalue weighted by Gasteiger charge is 2.19. The molecule has 0 radical (unpaired) electrons. The van der Waals surface area contributed by atoms with Crippen molar-refractivity contribution in [1.82, 2.24) is 9.21 Å². The Balaban J connectivity index is 4.33. The Morgan fingerprint density at radius 1 is 1.31 bits per heavy atom. The zero-order chi connectivity index (χ0) is 10.6. The fraction of sp³-hybridized carbons (Fsp3) is 0.833. The summed E-state index contributed by atoms with van der Waals surface area (Å²) in [4.78, 5) is 12.5. The maximum absolute atomic E-state index is 11.2. The number of carbonyl (C=O) groups is 1. The highest BCUT2D eigenvalue weighted by Crippen LogP contribution is 2.01. The topological polar surface area (TPSA) is 57.7 Å². The lowest BCUT2D eigenvalue weighted by Crippen LogP contribution is -2.38. The van der Waals surface area contributed by atoms with E-state index < -0.39 is 10.0 Å². The van der Waals surface area contributed by atoms with Crippen molar-refractivity contribution < 1.29 is 13.2 Å². The summed E-state index contributed by atoms with van der Waals surface area (Å²) >= 11 is 2.84. The van der Waals surface area contributed by atoms with Gasteiger partial charge in [0, 0.05) is 21.1 Å². The van der Waals surface area contributed by atoms with E-state index in [2.05, 4.69) is 15.9 Å². The van der Waals surface area contributed by atoms with E-state index in [0.29, 0.717) is 0 Å². The molecule has 0 aromatic carbocycles. The first kappa shape index (κ1) is 12.9. The van der Waals surface area contributed by atoms with Crippen LogP contribution in [-0.4, -0.2) is 55.9 Å². The van der Waals surface area contributed by atoms with Crippen LogP contribution >= 0.6 is 15.9 Å². The van der Waals surface area contributed by atoms with E-state index in [1.54, 1.807) is 14.1 Å². The van der Waals surface area contributed by atoms with Crippen molar-refractivity contribution in [2.45, 2.75) is 0 Å². The number of hydrogen-bond acceptors (Lipinski definition) is 3. The highest BCUT2D eigenvalue weighted by molar-refractivity contribution is 9.10. The summed E-state index contributed by atoms with van der Waals surface area (Å²) < 4.78 is 23.2. The molecule has 0 atom stereocenters. The quantitative estimate of drug-likeness (QED) is 0.660. The molecule has 0 aliphatic rings. The second-order valence-electron chi connectivity index (χ2n) is 2.77. The number of nitrogens with zero attached hydrogens (tertiary/aromatic N) is 2. The largest absolute Gasteiger partial charge is 0.348 e. The fourth-order valence-corrected chi connectivity index (χ4v) is 2.04. The van der Waals surface area contributed by atoms with Crippen molar-refractivity contribution in [2.75, 3.05) is 32.3 Å². The van der Waals surface area contributed by atoms with Crippen LogP contribution in [0.5, 0.6) is 0 Å². The number of rotatable bonds is 4. The van der Waals surface area contributed by atoms with Crippen molar-refractivity contribution in [3.05, 3.63) is 0 Å². The molecule has 7 heteroatoms. The molecule has 0 aliphatic carbocycles. The molecule has 13 heavy (non-hydrogen) atoms. The molecule has 0 aromatic heterocycles. The van der Waals surface area contributed by atoms with Crippen LogP contribution in [0.4, 0.5) is 0 Å². The minimum Gasteiger partial charge on any atom is -0.348 e. The van der Waals surface area contributed by atoms with Gasteiger partial charge in [0.15, 0.2) is 0 Å². The Bertz CT molecular complexity index is 276. The Kier molecular flexibility index (Phi) is 4.87. The Labute approximate surface area is 86.9 Å². The first-order chi connectivity index (χ1) is 5.81. The van der Waals surface area contributed by atoms with E-state index in [4.69, 9.17) is 0 Å². The average Bonchev–Trinajstić information content (AvgIpc) is 2.04. The highest BCUT2D eigenvalue weighted by atomic mass is 79.9. The standard InChI is InChI=1S/C6H13BrN2O3S/c1-8(2)6(10)4-9(3)13(11,12)5-7/h4-5H2,1-3H3. The molecule has 0 heterocycles. The van der Waals surface area contributed by atoms with E-state index in [1.165, 1.54) is 11.9 Å². The molecule has 78 valence electrons. The molecule has 0 unspecified atom stereocenters. The van der Waals surface area contributed by atoms with E-state index >= 15 is 0 Å². The average molecular weight is 273 g/mol. The summed E-state index contributed by atoms with van der Waals surface area (Å²) in [6.45, 7) is -0.124. The molecular weight excluding hydrogens is 260 g/mol. The van der Waals surface area contributed by atoms with Crippen LogP contribution in [0.15, 0.2) is 0 Å². The molecular formula is C6H13BrN2O3S. The third-order valence-corrected chi connectivity index (χ3v) is 4.56. The van der Waals surface area contributed by atoms with E-state index in [9.17, 15) is 13.2 Å². The summed E-state index contributed by atoms with van der Waals surface area (Å²) in [5, 5.41) is 0. The number of carbonyl (C=O) groups excluding carboxylic acids is 1. The van der Waals surface area contributed by atoms with E-state index in [-0.39, 0.29) is 17.1 Å². The molecule has 0 rings (SSSR count). The lowest BCUT2D eigenvalue weighted by atomic mass is 10.5. The summed E-state index contributed by atoms with van der Waals surface area (Å²) in [5.74, 6) is -0.243. The SMILES string of the molecule is CN(C)C(=O)CN(C)S(=O)(=O)CBr. The van der Waals surface area contributed by atoms with Crippen LogP contribution in [0, 0.1) is 0 Å². The summed E-state index contributed by atoms with van der Waals surface area (Å²) in [6.07, 6.45) is 0. The molecule has 0 bridgehead atoms. The van der Waals surface area contributed by atoms with Gasteiger partial charge < -0.3 is 4.90 Å². The number of sulfonamides is 1. The van der Waals surface area contributed by atoms with Crippen LogP contribution in [0.3, 0.4) is 0 Å². The lowest BCUT2D eigenvalue weighted by Gasteiger charge is -2.17. The van der Waals surface area contributed by atoms with Gasteiger partial charge in [-0.3, -0.25) is 4.79 Å². The second-order valence-corrected chi connectivity index (χ2v) is 6.14. The number of halogens is 1. The smallest absolute Gasteiger partial charge is 0.237 e. The van der Waals surface area contributed by atoms with Gasteiger partial charge in [-0.15, -0.1) is 0 Å². The molecule has 0 aromatic rings. The van der Waals surface area contributed by atoms with Crippen LogP contribution in [0.1, 0.15) is 0 Å². The Morgan fingerprint density at radius 2 is 1.77 bits per heavy atom. The summed E-state index contributed by atoms with van der Waals surface area (Å²) in [6, 6.07) is 0. The Hall–Kier alpha value is -0.140. The van der Waals surface area contributed by atoms with Gasteiger partial charge in [0.2, 0.25) is 15.9 Å². The third kappa shape index (κ3) is 4.06. The summed E-state index contributed by atoms with van der Waals surface area (Å²) in [7, 11) is 1.21. The van der Waals surface area contributed by atoms with Gasteiger partial charge >= 0.3 is 0 Å². The van der Waals surface area contributed by atoms with Gasteiger partial charge in [-0.05, 0) is 0 Å². The van der Waals surface area contributed by atoms with Crippen LogP contribution < -0.4 is 0 Å². The normalized spacial score (nSPS) is 11.8. The van der Waals surface area contributed by atoms with E-state index in [0.717, 1.165) is 4.31 Å². The Morgan fingerprint density at radius 3 is 2.08 bits per heavy atom. The fourth-order valence-electron chi connectivity index (χ4n) is 0.514. The predicted molar refractivity (Wildman–Crippen MR) is 54.0 cm³/mol. The predicted octanol–water partition coefficient (Wildman–Crippen LogP) is -0.311. The van der Waals surface area contributed by atoms with Gasteiger partial charge in [0.05, 0.1) is 6.54 Å². The molecule has 0 saturated carbocycles. The van der Waals surface area contributed by atoms with Crippen molar-refractivity contribution in [3.63, 3.8) is 0 Å². The number of amides is 1. The molecule has 5 nitrogen and oxygen atoms in total. The summed E-state index contributed by atoms with van der Waals surface area (Å²) in [5.41, 5.74) is 0. The molecule has 0 N–H and O–H groups in total. The van der Waals surface area contributed by atoms with Crippen LogP contribution in [0.2, 0.25) is 0 Å². The second kappa shape index (κ2) is 4.92. The van der Waals surface area contributed by atoms with Gasteiger partial charge in [-0.1, -0.05) is 15.9 Å². The maximum atomic E-state index is 11.2. The molecule has 0 fully saturated rings. The van der Waals surface area contributed by atoms with Crippen molar-refractivity contribution in [2.24, 2.45) is 0 Å². The zero-order valence-electron chi connectivity index (χ0n) is 7.82. The number of alkyl halides is 1. The molecule has 1 amide bonds. The first-order valence-electron chi connectivity index (χ1n) is 3.51. The zero-order valence-corrected chi connectivity index (χ0v) is 10.2. The monoisotopic (exact) mass is 272 g/mol. The first-order valence-corrected chi connectivity index (χ1v) is 6.24. The van der Waals surface area contributed by atoms with Gasteiger partial charge in [-0.25, -0.2) is 8.42 Å². The lowest BCUT2D eigenvalue weighted by molar-refractivity contribution is -0.128. The minimum atomic E-state index is -3.32. The molecule has 0 spiro atoms. The van der Waals surface area contributed by atoms with E-state index in [1.807, 2.05) is 0 Å². The van der Waals surface area contributed by atoms with Crippen molar-refractivity contribution >= 4 is 31.9 Å². The van der Waals surface area contributed by atoms with Crippen LogP contribution in [0.25, 0.3) is 0 Å². The van der Waals surface area contributed by atoms with Gasteiger partial charge in [-0.2, -0.15) is 4.31 Å². The molecule has 0 saturated heterocycles. The van der Waals surface area contributed by atoms with Gasteiger partial charge in [0.1, 0.15) is 4.66 Å². The van der Waals surface area contributed by atoms with Gasteiger partial charge in [0.25, 0.3) is 0 Å². The third-order valence-electron chi connectivity index (χ3n) is 1.47. The number of likely N-dealkylation sites (N-methyl/N-ethyl adjacent to an activating group) is 2. The van der Waals surface area contributed by atoms with Crippen molar-refractivity contribution in [1.29, 1.82) is 0 Å². The molecule has 0 aliphatic heterocycles.